The lowest BCUT2D eigenvalue weighted by molar-refractivity contribution is -0.142. The van der Waals surface area contributed by atoms with Crippen LogP contribution in [0.25, 0.3) is 0 Å². The fraction of sp³-hybridized carbons (Fsp3) is 0.769. The fourth-order valence-corrected chi connectivity index (χ4v) is 1.98. The van der Waals surface area contributed by atoms with Gasteiger partial charge in [0.05, 0.1) is 20.0 Å². The molecule has 0 rings (SSSR count). The third-order valence-corrected chi connectivity index (χ3v) is 3.57. The lowest BCUT2D eigenvalue weighted by Gasteiger charge is -2.07. The highest BCUT2D eigenvalue weighted by Gasteiger charge is 2.12. The molecule has 0 heterocycles. The standard InChI is InChI=1S/C7H16N2O2.C6H11NO4S/c1-11-7(10)6(9)4-2-3-5-8;1-11-5(8)3-12-2-4(7)6(9)10/h6H,2-5,8-9H2,1H3;4H,2-3,7H2,1H3,(H,9,10). The molecule has 0 aromatic carbocycles. The molecule has 0 radical (unpaired) electrons. The van der Waals surface area contributed by atoms with Gasteiger partial charge in [-0.3, -0.25) is 14.4 Å². The van der Waals surface area contributed by atoms with E-state index >= 15 is 0 Å². The van der Waals surface area contributed by atoms with E-state index in [0.29, 0.717) is 13.0 Å². The molecule has 0 aliphatic heterocycles. The van der Waals surface area contributed by atoms with Crippen LogP contribution < -0.4 is 17.2 Å². The van der Waals surface area contributed by atoms with Gasteiger partial charge in [-0.15, -0.1) is 11.8 Å². The molecule has 23 heavy (non-hydrogen) atoms. The summed E-state index contributed by atoms with van der Waals surface area (Å²) in [6, 6.07) is -1.40. The van der Waals surface area contributed by atoms with Crippen molar-refractivity contribution in [2.45, 2.75) is 31.3 Å². The Labute approximate surface area is 140 Å². The summed E-state index contributed by atoms with van der Waals surface area (Å²) >= 11 is 1.14. The molecular weight excluding hydrogens is 326 g/mol. The summed E-state index contributed by atoms with van der Waals surface area (Å²) in [5, 5.41) is 8.35. The zero-order valence-corrected chi connectivity index (χ0v) is 14.3. The molecule has 0 aromatic heterocycles. The van der Waals surface area contributed by atoms with Crippen molar-refractivity contribution < 1.29 is 29.0 Å². The number of carbonyl (C=O) groups excluding carboxylic acids is 2. The molecule has 0 aliphatic carbocycles. The monoisotopic (exact) mass is 353 g/mol. The van der Waals surface area contributed by atoms with E-state index in [9.17, 15) is 14.4 Å². The SMILES string of the molecule is COC(=O)C(N)CCCCN.COC(=O)CSCC(N)C(=O)O. The Hall–Kier alpha value is -1.36. The predicted octanol–water partition coefficient (Wildman–Crippen LogP) is -1.08. The molecule has 0 fully saturated rings. The third-order valence-electron chi connectivity index (χ3n) is 2.54. The van der Waals surface area contributed by atoms with E-state index in [0.717, 1.165) is 24.6 Å². The third kappa shape index (κ3) is 15.3. The zero-order chi connectivity index (χ0) is 18.3. The Morgan fingerprint density at radius 3 is 2.13 bits per heavy atom. The number of nitrogens with two attached hydrogens (primary N) is 3. The lowest BCUT2D eigenvalue weighted by atomic mass is 10.1. The summed E-state index contributed by atoms with van der Waals surface area (Å²) in [5.41, 5.74) is 15.9. The van der Waals surface area contributed by atoms with E-state index in [-0.39, 0.29) is 23.4 Å². The van der Waals surface area contributed by atoms with E-state index in [1.807, 2.05) is 0 Å². The van der Waals surface area contributed by atoms with Gasteiger partial charge in [0, 0.05) is 5.75 Å². The van der Waals surface area contributed by atoms with Gasteiger partial charge in [0.1, 0.15) is 12.1 Å². The number of hydrogen-bond acceptors (Lipinski definition) is 9. The smallest absolute Gasteiger partial charge is 0.322 e. The van der Waals surface area contributed by atoms with Crippen LogP contribution in [0.3, 0.4) is 0 Å². The van der Waals surface area contributed by atoms with Crippen LogP contribution in [0, 0.1) is 0 Å². The maximum Gasteiger partial charge on any atom is 0.322 e. The number of carboxylic acids is 1. The second-order valence-electron chi connectivity index (χ2n) is 4.45. The van der Waals surface area contributed by atoms with Crippen molar-refractivity contribution in [3.05, 3.63) is 0 Å². The molecule has 136 valence electrons. The number of rotatable bonds is 10. The molecule has 0 amide bonds. The van der Waals surface area contributed by atoms with Crippen molar-refractivity contribution in [2.24, 2.45) is 17.2 Å². The first-order valence-electron chi connectivity index (χ1n) is 6.96. The van der Waals surface area contributed by atoms with Gasteiger partial charge in [-0.2, -0.15) is 0 Å². The van der Waals surface area contributed by atoms with E-state index in [4.69, 9.17) is 22.3 Å². The second kappa shape index (κ2) is 15.5. The van der Waals surface area contributed by atoms with Gasteiger partial charge >= 0.3 is 17.9 Å². The molecule has 0 spiro atoms. The van der Waals surface area contributed by atoms with Crippen molar-refractivity contribution in [2.75, 3.05) is 32.3 Å². The summed E-state index contributed by atoms with van der Waals surface area (Å²) in [6.45, 7) is 0.647. The maximum absolute atomic E-state index is 10.7. The fourth-order valence-electron chi connectivity index (χ4n) is 1.18. The van der Waals surface area contributed by atoms with Gasteiger partial charge in [0.15, 0.2) is 0 Å². The number of thioether (sulfide) groups is 1. The van der Waals surface area contributed by atoms with E-state index < -0.39 is 18.1 Å². The van der Waals surface area contributed by atoms with Crippen molar-refractivity contribution >= 4 is 29.7 Å². The van der Waals surface area contributed by atoms with Crippen LogP contribution in [-0.4, -0.2) is 67.4 Å². The topological polar surface area (TPSA) is 168 Å². The molecule has 7 N–H and O–H groups in total. The highest BCUT2D eigenvalue weighted by Crippen LogP contribution is 2.02. The van der Waals surface area contributed by atoms with Gasteiger partial charge in [0.25, 0.3) is 0 Å². The summed E-state index contributed by atoms with van der Waals surface area (Å²) in [7, 11) is 2.62. The molecule has 2 unspecified atom stereocenters. The van der Waals surface area contributed by atoms with Crippen LogP contribution in [0.15, 0.2) is 0 Å². The lowest BCUT2D eigenvalue weighted by Crippen LogP contribution is -2.32. The number of carboxylic acid groups (broad SMARTS) is 1. The van der Waals surface area contributed by atoms with Crippen LogP contribution in [0.5, 0.6) is 0 Å². The first-order valence-corrected chi connectivity index (χ1v) is 8.12. The van der Waals surface area contributed by atoms with Gasteiger partial charge in [-0.25, -0.2) is 0 Å². The number of unbranched alkanes of at least 4 members (excludes halogenated alkanes) is 1. The number of hydrogen-bond donors (Lipinski definition) is 4. The van der Waals surface area contributed by atoms with Crippen LogP contribution in [-0.2, 0) is 23.9 Å². The summed E-state index contributed by atoms with van der Waals surface area (Å²) < 4.78 is 8.79. The number of ether oxygens (including phenoxy) is 2. The largest absolute Gasteiger partial charge is 0.480 e. The quantitative estimate of drug-likeness (QED) is 0.280. The number of methoxy groups -OCH3 is 2. The van der Waals surface area contributed by atoms with Crippen LogP contribution in [0.1, 0.15) is 19.3 Å². The Morgan fingerprint density at radius 1 is 1.09 bits per heavy atom. The Morgan fingerprint density at radius 2 is 1.70 bits per heavy atom. The van der Waals surface area contributed by atoms with Crippen molar-refractivity contribution in [3.8, 4) is 0 Å². The molecule has 0 saturated carbocycles. The average molecular weight is 353 g/mol. The minimum Gasteiger partial charge on any atom is -0.480 e. The Bertz CT molecular complexity index is 357. The predicted molar refractivity (Wildman–Crippen MR) is 87.8 cm³/mol. The van der Waals surface area contributed by atoms with Crippen LogP contribution >= 0.6 is 11.8 Å². The summed E-state index contributed by atoms with van der Waals surface area (Å²) in [4.78, 5) is 31.4. The summed E-state index contributed by atoms with van der Waals surface area (Å²) in [5.74, 6) is -1.44. The Balaban J connectivity index is 0. The molecule has 10 heteroatoms. The van der Waals surface area contributed by atoms with Gasteiger partial charge in [-0.1, -0.05) is 6.42 Å². The van der Waals surface area contributed by atoms with Crippen molar-refractivity contribution in [1.29, 1.82) is 0 Å². The molecule has 0 aromatic rings. The van der Waals surface area contributed by atoms with Gasteiger partial charge < -0.3 is 31.8 Å². The van der Waals surface area contributed by atoms with Crippen molar-refractivity contribution in [1.82, 2.24) is 0 Å². The van der Waals surface area contributed by atoms with Crippen LogP contribution in [0.4, 0.5) is 0 Å². The Kier molecular flexibility index (Phi) is 16.1. The zero-order valence-electron chi connectivity index (χ0n) is 13.5. The van der Waals surface area contributed by atoms with Gasteiger partial charge in [0.2, 0.25) is 0 Å². The van der Waals surface area contributed by atoms with E-state index in [2.05, 4.69) is 9.47 Å². The molecular formula is C13H27N3O6S. The number of aliphatic carboxylic acids is 1. The highest BCUT2D eigenvalue weighted by atomic mass is 32.2. The normalized spacial score (nSPS) is 12.4. The number of esters is 2. The van der Waals surface area contributed by atoms with Crippen LogP contribution in [0.2, 0.25) is 0 Å². The molecule has 0 aliphatic rings. The first kappa shape index (κ1) is 23.9. The molecule has 0 bridgehead atoms. The minimum atomic E-state index is -1.06. The van der Waals surface area contributed by atoms with E-state index in [1.165, 1.54) is 14.2 Å². The molecule has 9 nitrogen and oxygen atoms in total. The minimum absolute atomic E-state index is 0.136. The first-order chi connectivity index (χ1) is 10.8. The molecule has 0 saturated heterocycles. The van der Waals surface area contributed by atoms with E-state index in [1.54, 1.807) is 0 Å². The highest BCUT2D eigenvalue weighted by molar-refractivity contribution is 8.00. The van der Waals surface area contributed by atoms with Gasteiger partial charge in [-0.05, 0) is 19.4 Å². The average Bonchev–Trinajstić information content (AvgIpc) is 2.54. The summed E-state index contributed by atoms with van der Waals surface area (Å²) in [6.07, 6.45) is 2.45. The second-order valence-corrected chi connectivity index (χ2v) is 5.48. The maximum atomic E-state index is 10.7. The molecule has 2 atom stereocenters. The van der Waals surface area contributed by atoms with Crippen molar-refractivity contribution in [3.63, 3.8) is 0 Å². The number of carbonyl (C=O) groups is 3.